The molecule has 0 aliphatic carbocycles. The molecule has 0 fully saturated rings. The van der Waals surface area contributed by atoms with Crippen LogP contribution in [-0.2, 0) is 17.8 Å². The fourth-order valence-corrected chi connectivity index (χ4v) is 1.73. The predicted molar refractivity (Wildman–Crippen MR) is 44.4 cm³/mol. The topological polar surface area (TPSA) is 68.0 Å². The summed E-state index contributed by atoms with van der Waals surface area (Å²) in [7, 11) is 0. The fourth-order valence-electron chi connectivity index (χ4n) is 1.73. The Morgan fingerprint density at radius 2 is 2.46 bits per heavy atom. The largest absolute Gasteiger partial charge is 0.481 e. The lowest BCUT2D eigenvalue weighted by Crippen LogP contribution is -2.09. The van der Waals surface area contributed by atoms with Crippen LogP contribution in [0.4, 0.5) is 0 Å². The average Bonchev–Trinajstić information content (AvgIpc) is 2.61. The van der Waals surface area contributed by atoms with Crippen molar-refractivity contribution in [3.63, 3.8) is 0 Å². The highest BCUT2D eigenvalue weighted by Gasteiger charge is 2.32. The minimum atomic E-state index is -0.797. The maximum Gasteiger partial charge on any atom is 0.314 e. The Morgan fingerprint density at radius 3 is 3.08 bits per heavy atom. The van der Waals surface area contributed by atoms with Gasteiger partial charge in [-0.3, -0.25) is 4.79 Å². The number of carboxylic acid groups (broad SMARTS) is 1. The molecule has 1 atom stereocenters. The van der Waals surface area contributed by atoms with E-state index in [1.165, 1.54) is 0 Å². The molecule has 2 heterocycles. The molecule has 1 aliphatic heterocycles. The van der Waals surface area contributed by atoms with Crippen molar-refractivity contribution < 1.29 is 9.90 Å². The lowest BCUT2D eigenvalue weighted by molar-refractivity contribution is -0.138. The first-order valence-corrected chi connectivity index (χ1v) is 4.38. The van der Waals surface area contributed by atoms with Gasteiger partial charge in [-0.2, -0.15) is 0 Å². The summed E-state index contributed by atoms with van der Waals surface area (Å²) >= 11 is 0. The summed E-state index contributed by atoms with van der Waals surface area (Å²) in [5.74, 6) is 0.254. The molecule has 2 rings (SSSR count). The number of hydrogen-bond donors (Lipinski definition) is 1. The zero-order valence-corrected chi connectivity index (χ0v) is 7.40. The molecule has 5 nitrogen and oxygen atoms in total. The molecule has 70 valence electrons. The van der Waals surface area contributed by atoms with Crippen LogP contribution in [0.15, 0.2) is 0 Å². The summed E-state index contributed by atoms with van der Waals surface area (Å²) < 4.78 is 1.92. The van der Waals surface area contributed by atoms with Gasteiger partial charge < -0.3 is 9.67 Å². The Hall–Kier alpha value is -1.39. The van der Waals surface area contributed by atoms with Crippen LogP contribution in [0.3, 0.4) is 0 Å². The van der Waals surface area contributed by atoms with Gasteiger partial charge in [0.2, 0.25) is 0 Å². The predicted octanol–water partition coefficient (Wildman–Crippen LogP) is 0.412. The van der Waals surface area contributed by atoms with E-state index >= 15 is 0 Å². The maximum atomic E-state index is 10.8. The van der Waals surface area contributed by atoms with Crippen molar-refractivity contribution in [2.24, 2.45) is 0 Å². The number of aliphatic carboxylic acids is 1. The van der Waals surface area contributed by atoms with E-state index in [1.807, 2.05) is 11.5 Å². The van der Waals surface area contributed by atoms with Crippen molar-refractivity contribution in [2.45, 2.75) is 32.2 Å². The first kappa shape index (κ1) is 8.22. The number of fused-ring (bicyclic) bond motifs is 1. The van der Waals surface area contributed by atoms with E-state index in [0.717, 1.165) is 18.8 Å². The second-order valence-electron chi connectivity index (χ2n) is 3.16. The lowest BCUT2D eigenvalue weighted by Gasteiger charge is -1.98. The Labute approximate surface area is 75.4 Å². The molecule has 0 spiro atoms. The van der Waals surface area contributed by atoms with Gasteiger partial charge in [0.1, 0.15) is 17.6 Å². The number of carbonyl (C=O) groups is 1. The van der Waals surface area contributed by atoms with Crippen molar-refractivity contribution in [3.8, 4) is 0 Å². The Morgan fingerprint density at radius 1 is 1.69 bits per heavy atom. The van der Waals surface area contributed by atoms with E-state index in [4.69, 9.17) is 5.11 Å². The second kappa shape index (κ2) is 2.83. The molecule has 1 aliphatic rings. The lowest BCUT2D eigenvalue weighted by atomic mass is 10.1. The van der Waals surface area contributed by atoms with Crippen LogP contribution in [0, 0.1) is 0 Å². The molecule has 1 N–H and O–H groups in total. The van der Waals surface area contributed by atoms with Gasteiger partial charge in [0.05, 0.1) is 0 Å². The average molecular weight is 181 g/mol. The van der Waals surface area contributed by atoms with E-state index < -0.39 is 11.9 Å². The molecular weight excluding hydrogens is 170 g/mol. The standard InChI is InChI=1S/C8H11N3O2/c1-2-6-9-10-7-5(8(12)13)3-4-11(6)7/h5H,2-4H2,1H3,(H,12,13). The monoisotopic (exact) mass is 181 g/mol. The SMILES string of the molecule is CCc1nnc2n1CCC2C(=O)O. The Balaban J connectivity index is 2.38. The van der Waals surface area contributed by atoms with Crippen molar-refractivity contribution >= 4 is 5.97 Å². The summed E-state index contributed by atoms with van der Waals surface area (Å²) in [6.07, 6.45) is 1.45. The fraction of sp³-hybridized carbons (Fsp3) is 0.625. The van der Waals surface area contributed by atoms with Crippen molar-refractivity contribution in [1.29, 1.82) is 0 Å². The van der Waals surface area contributed by atoms with E-state index in [-0.39, 0.29) is 0 Å². The molecule has 1 unspecified atom stereocenters. The van der Waals surface area contributed by atoms with Crippen molar-refractivity contribution in [1.82, 2.24) is 14.8 Å². The number of carboxylic acids is 1. The van der Waals surface area contributed by atoms with Gasteiger partial charge in [0.25, 0.3) is 0 Å². The van der Waals surface area contributed by atoms with Crippen LogP contribution >= 0.6 is 0 Å². The highest BCUT2D eigenvalue weighted by molar-refractivity contribution is 5.75. The molecule has 0 aromatic carbocycles. The number of aryl methyl sites for hydroxylation is 1. The molecule has 5 heteroatoms. The number of hydrogen-bond acceptors (Lipinski definition) is 3. The van der Waals surface area contributed by atoms with Crippen molar-refractivity contribution in [3.05, 3.63) is 11.6 Å². The van der Waals surface area contributed by atoms with Crippen LogP contribution in [-0.4, -0.2) is 25.8 Å². The third-order valence-corrected chi connectivity index (χ3v) is 2.42. The third-order valence-electron chi connectivity index (χ3n) is 2.42. The van der Waals surface area contributed by atoms with Crippen LogP contribution in [0.2, 0.25) is 0 Å². The van der Waals surface area contributed by atoms with Crippen LogP contribution in [0.1, 0.15) is 30.9 Å². The molecule has 13 heavy (non-hydrogen) atoms. The molecule has 0 amide bonds. The number of nitrogens with zero attached hydrogens (tertiary/aromatic N) is 3. The van der Waals surface area contributed by atoms with Gasteiger partial charge in [0, 0.05) is 13.0 Å². The molecule has 1 aromatic heterocycles. The summed E-state index contributed by atoms with van der Waals surface area (Å²) in [5, 5.41) is 16.7. The van der Waals surface area contributed by atoms with Crippen molar-refractivity contribution in [2.75, 3.05) is 0 Å². The molecule has 0 saturated heterocycles. The summed E-state index contributed by atoms with van der Waals surface area (Å²) in [5.41, 5.74) is 0. The van der Waals surface area contributed by atoms with Gasteiger partial charge in [-0.25, -0.2) is 0 Å². The highest BCUT2D eigenvalue weighted by Crippen LogP contribution is 2.27. The highest BCUT2D eigenvalue weighted by atomic mass is 16.4. The van der Waals surface area contributed by atoms with Crippen LogP contribution in [0.5, 0.6) is 0 Å². The molecule has 0 radical (unpaired) electrons. The van der Waals surface area contributed by atoms with Gasteiger partial charge in [0.15, 0.2) is 0 Å². The van der Waals surface area contributed by atoms with Gasteiger partial charge in [-0.1, -0.05) is 6.92 Å². The first-order chi connectivity index (χ1) is 6.24. The maximum absolute atomic E-state index is 10.8. The van der Waals surface area contributed by atoms with E-state index in [0.29, 0.717) is 12.2 Å². The molecular formula is C8H11N3O2. The van der Waals surface area contributed by atoms with Crippen LogP contribution < -0.4 is 0 Å². The normalized spacial score (nSPS) is 20.2. The zero-order valence-electron chi connectivity index (χ0n) is 7.40. The summed E-state index contributed by atoms with van der Waals surface area (Å²) in [6, 6.07) is 0. The van der Waals surface area contributed by atoms with Gasteiger partial charge >= 0.3 is 5.97 Å². The Bertz CT molecular complexity index is 345. The summed E-state index contributed by atoms with van der Waals surface area (Å²) in [4.78, 5) is 10.8. The number of aromatic nitrogens is 3. The second-order valence-corrected chi connectivity index (χ2v) is 3.16. The van der Waals surface area contributed by atoms with Gasteiger partial charge in [-0.05, 0) is 6.42 Å². The quantitative estimate of drug-likeness (QED) is 0.717. The van der Waals surface area contributed by atoms with E-state index in [9.17, 15) is 4.79 Å². The molecule has 0 saturated carbocycles. The minimum absolute atomic E-state index is 0.451. The zero-order chi connectivity index (χ0) is 9.42. The molecule has 0 bridgehead atoms. The van der Waals surface area contributed by atoms with Gasteiger partial charge in [-0.15, -0.1) is 10.2 Å². The number of rotatable bonds is 2. The third kappa shape index (κ3) is 1.11. The van der Waals surface area contributed by atoms with E-state index in [1.54, 1.807) is 0 Å². The van der Waals surface area contributed by atoms with E-state index in [2.05, 4.69) is 10.2 Å². The first-order valence-electron chi connectivity index (χ1n) is 4.38. The smallest absolute Gasteiger partial charge is 0.314 e. The minimum Gasteiger partial charge on any atom is -0.481 e. The van der Waals surface area contributed by atoms with Crippen LogP contribution in [0.25, 0.3) is 0 Å². The molecule has 1 aromatic rings. The Kier molecular flexibility index (Phi) is 1.79. The summed E-state index contributed by atoms with van der Waals surface area (Å²) in [6.45, 7) is 2.73.